The van der Waals surface area contributed by atoms with Crippen molar-refractivity contribution < 1.29 is 4.79 Å². The third-order valence-electron chi connectivity index (χ3n) is 3.37. The molecule has 16 heavy (non-hydrogen) atoms. The van der Waals surface area contributed by atoms with E-state index in [1.54, 1.807) is 0 Å². The van der Waals surface area contributed by atoms with E-state index in [1.807, 2.05) is 0 Å². The first-order valence-corrected chi connectivity index (χ1v) is 6.51. The Morgan fingerprint density at radius 3 is 2.88 bits per heavy atom. The molecule has 0 bridgehead atoms. The van der Waals surface area contributed by atoms with E-state index in [1.165, 1.54) is 25.9 Å². The maximum absolute atomic E-state index is 11.4. The zero-order chi connectivity index (χ0) is 11.4. The molecular formula is C12H23N3O. The van der Waals surface area contributed by atoms with Gasteiger partial charge >= 0.3 is 6.03 Å². The van der Waals surface area contributed by atoms with E-state index in [2.05, 4.69) is 22.5 Å². The standard InChI is InChI=1S/C12H23N3O/c1-10-3-2-7-15(9-10)8-6-13-12(16)14-11-4-5-11/h10-11H,2-9H2,1H3,(H2,13,14,16). The van der Waals surface area contributed by atoms with Gasteiger partial charge < -0.3 is 15.5 Å². The Bertz CT molecular complexity index is 240. The molecule has 0 aromatic carbocycles. The number of amides is 2. The highest BCUT2D eigenvalue weighted by Gasteiger charge is 2.23. The molecule has 1 saturated heterocycles. The highest BCUT2D eigenvalue weighted by Crippen LogP contribution is 2.18. The molecule has 2 rings (SSSR count). The van der Waals surface area contributed by atoms with Crippen molar-refractivity contribution in [1.29, 1.82) is 0 Å². The number of nitrogens with zero attached hydrogens (tertiary/aromatic N) is 1. The van der Waals surface area contributed by atoms with E-state index in [0.29, 0.717) is 6.04 Å². The summed E-state index contributed by atoms with van der Waals surface area (Å²) >= 11 is 0. The van der Waals surface area contributed by atoms with Gasteiger partial charge in [-0.05, 0) is 38.1 Å². The minimum Gasteiger partial charge on any atom is -0.337 e. The van der Waals surface area contributed by atoms with Gasteiger partial charge in [0.2, 0.25) is 0 Å². The topological polar surface area (TPSA) is 44.4 Å². The van der Waals surface area contributed by atoms with Crippen molar-refractivity contribution in [3.05, 3.63) is 0 Å². The molecule has 0 aromatic rings. The van der Waals surface area contributed by atoms with Crippen LogP contribution in [0.25, 0.3) is 0 Å². The number of hydrogen-bond acceptors (Lipinski definition) is 2. The molecule has 1 aliphatic heterocycles. The van der Waals surface area contributed by atoms with Gasteiger partial charge in [-0.15, -0.1) is 0 Å². The van der Waals surface area contributed by atoms with Crippen LogP contribution in [0.15, 0.2) is 0 Å². The van der Waals surface area contributed by atoms with Crippen LogP contribution in [0.3, 0.4) is 0 Å². The van der Waals surface area contributed by atoms with Crippen molar-refractivity contribution in [2.45, 2.75) is 38.6 Å². The molecular weight excluding hydrogens is 202 g/mol. The molecule has 2 aliphatic rings. The van der Waals surface area contributed by atoms with Crippen LogP contribution in [0, 0.1) is 5.92 Å². The van der Waals surface area contributed by atoms with Crippen molar-refractivity contribution in [1.82, 2.24) is 15.5 Å². The average Bonchev–Trinajstić information content (AvgIpc) is 3.02. The molecule has 0 aromatic heterocycles. The van der Waals surface area contributed by atoms with Crippen LogP contribution in [0.2, 0.25) is 0 Å². The van der Waals surface area contributed by atoms with Crippen molar-refractivity contribution in [2.75, 3.05) is 26.2 Å². The molecule has 1 unspecified atom stereocenters. The van der Waals surface area contributed by atoms with E-state index in [9.17, 15) is 4.79 Å². The zero-order valence-electron chi connectivity index (χ0n) is 10.2. The lowest BCUT2D eigenvalue weighted by Crippen LogP contribution is -2.43. The molecule has 1 heterocycles. The minimum absolute atomic E-state index is 0.00700. The Labute approximate surface area is 97.8 Å². The smallest absolute Gasteiger partial charge is 0.315 e. The van der Waals surface area contributed by atoms with Gasteiger partial charge in [-0.3, -0.25) is 0 Å². The first kappa shape index (κ1) is 11.7. The summed E-state index contributed by atoms with van der Waals surface area (Å²) in [6.45, 7) is 6.44. The van der Waals surface area contributed by atoms with Gasteiger partial charge in [-0.2, -0.15) is 0 Å². The van der Waals surface area contributed by atoms with Crippen LogP contribution in [0.5, 0.6) is 0 Å². The predicted octanol–water partition coefficient (Wildman–Crippen LogP) is 1.18. The number of carbonyl (C=O) groups is 1. The lowest BCUT2D eigenvalue weighted by atomic mass is 10.0. The van der Waals surface area contributed by atoms with Crippen LogP contribution < -0.4 is 10.6 Å². The summed E-state index contributed by atoms with van der Waals surface area (Å²) in [5.41, 5.74) is 0. The van der Waals surface area contributed by atoms with Gasteiger partial charge in [0.25, 0.3) is 0 Å². The second kappa shape index (κ2) is 5.53. The number of nitrogens with one attached hydrogen (secondary N) is 2. The lowest BCUT2D eigenvalue weighted by molar-refractivity contribution is 0.184. The molecule has 2 N–H and O–H groups in total. The van der Waals surface area contributed by atoms with Crippen LogP contribution in [0.1, 0.15) is 32.6 Å². The molecule has 1 saturated carbocycles. The van der Waals surface area contributed by atoms with Gasteiger partial charge in [-0.1, -0.05) is 6.92 Å². The third kappa shape index (κ3) is 4.00. The molecule has 2 amide bonds. The summed E-state index contributed by atoms with van der Waals surface area (Å²) in [7, 11) is 0. The summed E-state index contributed by atoms with van der Waals surface area (Å²) in [5.74, 6) is 0.814. The SMILES string of the molecule is CC1CCCN(CCNC(=O)NC2CC2)C1. The molecule has 1 aliphatic carbocycles. The Morgan fingerprint density at radius 2 is 2.19 bits per heavy atom. The van der Waals surface area contributed by atoms with E-state index in [4.69, 9.17) is 0 Å². The van der Waals surface area contributed by atoms with Crippen molar-refractivity contribution in [3.8, 4) is 0 Å². The Hall–Kier alpha value is -0.770. The minimum atomic E-state index is 0.00700. The molecule has 0 radical (unpaired) electrons. The predicted molar refractivity (Wildman–Crippen MR) is 64.4 cm³/mol. The second-order valence-electron chi connectivity index (χ2n) is 5.22. The maximum atomic E-state index is 11.4. The average molecular weight is 225 g/mol. The second-order valence-corrected chi connectivity index (χ2v) is 5.22. The van der Waals surface area contributed by atoms with Gasteiger partial charge in [0.05, 0.1) is 0 Å². The highest BCUT2D eigenvalue weighted by molar-refractivity contribution is 5.74. The highest BCUT2D eigenvalue weighted by atomic mass is 16.2. The van der Waals surface area contributed by atoms with Gasteiger partial charge in [0.1, 0.15) is 0 Å². The molecule has 92 valence electrons. The largest absolute Gasteiger partial charge is 0.337 e. The lowest BCUT2D eigenvalue weighted by Gasteiger charge is -2.30. The van der Waals surface area contributed by atoms with Crippen LogP contribution >= 0.6 is 0 Å². The first-order chi connectivity index (χ1) is 7.74. The molecule has 0 spiro atoms. The van der Waals surface area contributed by atoms with Gasteiger partial charge in [0, 0.05) is 25.7 Å². The summed E-state index contributed by atoms with van der Waals surface area (Å²) in [6.07, 6.45) is 4.95. The van der Waals surface area contributed by atoms with Crippen molar-refractivity contribution >= 4 is 6.03 Å². The number of likely N-dealkylation sites (tertiary alicyclic amines) is 1. The summed E-state index contributed by atoms with van der Waals surface area (Å²) < 4.78 is 0. The van der Waals surface area contributed by atoms with Crippen LogP contribution in [-0.4, -0.2) is 43.2 Å². The van der Waals surface area contributed by atoms with E-state index < -0.39 is 0 Å². The quantitative estimate of drug-likeness (QED) is 0.754. The number of rotatable bonds is 4. The number of urea groups is 1. The first-order valence-electron chi connectivity index (χ1n) is 6.51. The molecule has 4 nitrogen and oxygen atoms in total. The summed E-state index contributed by atoms with van der Waals surface area (Å²) in [5, 5.41) is 5.86. The molecule has 1 atom stereocenters. The van der Waals surface area contributed by atoms with Crippen LogP contribution in [-0.2, 0) is 0 Å². The number of piperidine rings is 1. The van der Waals surface area contributed by atoms with E-state index >= 15 is 0 Å². The number of hydrogen-bond donors (Lipinski definition) is 2. The Balaban J connectivity index is 1.54. The fourth-order valence-electron chi connectivity index (χ4n) is 2.28. The van der Waals surface area contributed by atoms with E-state index in [0.717, 1.165) is 31.8 Å². The summed E-state index contributed by atoms with van der Waals surface area (Å²) in [6, 6.07) is 0.461. The Kier molecular flexibility index (Phi) is 4.04. The fourth-order valence-corrected chi connectivity index (χ4v) is 2.28. The monoisotopic (exact) mass is 225 g/mol. The van der Waals surface area contributed by atoms with E-state index in [-0.39, 0.29) is 6.03 Å². The normalized spacial score (nSPS) is 26.4. The van der Waals surface area contributed by atoms with Gasteiger partial charge in [0.15, 0.2) is 0 Å². The van der Waals surface area contributed by atoms with Crippen molar-refractivity contribution in [3.63, 3.8) is 0 Å². The number of carbonyl (C=O) groups excluding carboxylic acids is 1. The van der Waals surface area contributed by atoms with Gasteiger partial charge in [-0.25, -0.2) is 4.79 Å². The Morgan fingerprint density at radius 1 is 1.38 bits per heavy atom. The molecule has 2 fully saturated rings. The molecule has 4 heteroatoms. The third-order valence-corrected chi connectivity index (χ3v) is 3.37. The summed E-state index contributed by atoms with van der Waals surface area (Å²) in [4.78, 5) is 13.8. The maximum Gasteiger partial charge on any atom is 0.315 e. The zero-order valence-corrected chi connectivity index (χ0v) is 10.2. The van der Waals surface area contributed by atoms with Crippen molar-refractivity contribution in [2.24, 2.45) is 5.92 Å². The fraction of sp³-hybridized carbons (Fsp3) is 0.917. The van der Waals surface area contributed by atoms with Crippen LogP contribution in [0.4, 0.5) is 4.79 Å².